The van der Waals surface area contributed by atoms with Crippen molar-refractivity contribution in [3.63, 3.8) is 0 Å². The van der Waals surface area contributed by atoms with Crippen LogP contribution in [-0.2, 0) is 4.79 Å². The molecule has 3 aromatic rings. The molecule has 0 saturated heterocycles. The summed E-state index contributed by atoms with van der Waals surface area (Å²) in [5, 5.41) is 13.3. The molecule has 0 aliphatic heterocycles. The number of rotatable bonds is 4. The quantitative estimate of drug-likeness (QED) is 0.791. The van der Waals surface area contributed by atoms with Crippen LogP contribution >= 0.6 is 23.2 Å². The van der Waals surface area contributed by atoms with Crippen molar-refractivity contribution < 1.29 is 9.90 Å². The average molecular weight is 333 g/mol. The van der Waals surface area contributed by atoms with Gasteiger partial charge in [-0.3, -0.25) is 0 Å². The van der Waals surface area contributed by atoms with Gasteiger partial charge in [-0.15, -0.1) is 0 Å². The molecule has 3 rings (SSSR count). The van der Waals surface area contributed by atoms with Crippen LogP contribution in [0.15, 0.2) is 48.7 Å². The van der Waals surface area contributed by atoms with Gasteiger partial charge in [0.2, 0.25) is 0 Å². The molecule has 1 aromatic heterocycles. The number of carboxylic acids is 1. The molecular weight excluding hydrogens is 321 g/mol. The highest BCUT2D eigenvalue weighted by Crippen LogP contribution is 2.34. The van der Waals surface area contributed by atoms with E-state index in [0.717, 1.165) is 22.0 Å². The summed E-state index contributed by atoms with van der Waals surface area (Å²) >= 11 is 12.0. The highest BCUT2D eigenvalue weighted by Gasteiger charge is 2.18. The number of aliphatic carboxylic acids is 1. The number of carbonyl (C=O) groups excluding carboxylic acids is 1. The number of halogens is 2. The van der Waals surface area contributed by atoms with Gasteiger partial charge in [-0.2, -0.15) is 0 Å². The Hall–Kier alpha value is -1.97. The zero-order valence-corrected chi connectivity index (χ0v) is 13.0. The summed E-state index contributed by atoms with van der Waals surface area (Å²) in [4.78, 5) is 14.3. The molecular formula is C17H12Cl2NO2-. The second-order valence-electron chi connectivity index (χ2n) is 5.11. The van der Waals surface area contributed by atoms with Crippen LogP contribution in [0.25, 0.3) is 10.9 Å². The summed E-state index contributed by atoms with van der Waals surface area (Å²) in [6.07, 6.45) is 1.71. The summed E-state index contributed by atoms with van der Waals surface area (Å²) in [5.74, 6) is -1.43. The van der Waals surface area contributed by atoms with E-state index in [1.54, 1.807) is 18.2 Å². The molecule has 1 N–H and O–H groups in total. The highest BCUT2D eigenvalue weighted by atomic mass is 35.5. The van der Waals surface area contributed by atoms with E-state index in [4.69, 9.17) is 23.2 Å². The van der Waals surface area contributed by atoms with E-state index >= 15 is 0 Å². The van der Waals surface area contributed by atoms with Crippen molar-refractivity contribution in [2.24, 2.45) is 0 Å². The normalized spacial score (nSPS) is 12.5. The number of H-pyrrole nitrogens is 1. The van der Waals surface area contributed by atoms with Crippen molar-refractivity contribution >= 4 is 40.1 Å². The van der Waals surface area contributed by atoms with E-state index in [1.165, 1.54) is 0 Å². The van der Waals surface area contributed by atoms with Crippen molar-refractivity contribution in [3.8, 4) is 0 Å². The lowest BCUT2D eigenvalue weighted by Gasteiger charge is -2.18. The Balaban J connectivity index is 2.13. The second-order valence-corrected chi connectivity index (χ2v) is 5.99. The Bertz CT molecular complexity index is 824. The smallest absolute Gasteiger partial charge is 0.0458 e. The van der Waals surface area contributed by atoms with E-state index < -0.39 is 5.97 Å². The maximum absolute atomic E-state index is 11.2. The largest absolute Gasteiger partial charge is 0.550 e. The van der Waals surface area contributed by atoms with Crippen LogP contribution < -0.4 is 5.11 Å². The van der Waals surface area contributed by atoms with Crippen molar-refractivity contribution in [1.82, 2.24) is 4.98 Å². The highest BCUT2D eigenvalue weighted by molar-refractivity contribution is 6.31. The zero-order chi connectivity index (χ0) is 15.7. The number of carboxylic acid groups (broad SMARTS) is 1. The summed E-state index contributed by atoms with van der Waals surface area (Å²) in [5.41, 5.74) is 2.66. The van der Waals surface area contributed by atoms with Crippen LogP contribution in [-0.4, -0.2) is 11.0 Å². The van der Waals surface area contributed by atoms with Gasteiger partial charge in [-0.05, 0) is 47.9 Å². The molecule has 0 unspecified atom stereocenters. The van der Waals surface area contributed by atoms with Gasteiger partial charge in [-0.1, -0.05) is 35.3 Å². The molecule has 2 aromatic carbocycles. The number of hydrogen-bond acceptors (Lipinski definition) is 2. The van der Waals surface area contributed by atoms with E-state index in [-0.39, 0.29) is 12.3 Å². The third-order valence-electron chi connectivity index (χ3n) is 3.69. The van der Waals surface area contributed by atoms with Crippen LogP contribution in [0, 0.1) is 0 Å². The van der Waals surface area contributed by atoms with Gasteiger partial charge >= 0.3 is 0 Å². The van der Waals surface area contributed by atoms with Crippen LogP contribution in [0.1, 0.15) is 23.5 Å². The molecule has 5 heteroatoms. The van der Waals surface area contributed by atoms with E-state index in [9.17, 15) is 9.90 Å². The van der Waals surface area contributed by atoms with Crippen LogP contribution in [0.4, 0.5) is 0 Å². The van der Waals surface area contributed by atoms with Gasteiger partial charge in [0.15, 0.2) is 0 Å². The number of aromatic nitrogens is 1. The molecule has 112 valence electrons. The van der Waals surface area contributed by atoms with Crippen molar-refractivity contribution in [2.75, 3.05) is 0 Å². The summed E-state index contributed by atoms with van der Waals surface area (Å²) in [7, 11) is 0. The number of carbonyl (C=O) groups is 1. The fourth-order valence-corrected chi connectivity index (χ4v) is 2.97. The average Bonchev–Trinajstić information content (AvgIpc) is 2.88. The lowest BCUT2D eigenvalue weighted by atomic mass is 9.88. The van der Waals surface area contributed by atoms with E-state index in [0.29, 0.717) is 10.0 Å². The Kier molecular flexibility index (Phi) is 4.10. The lowest BCUT2D eigenvalue weighted by Crippen LogP contribution is -2.24. The van der Waals surface area contributed by atoms with Gasteiger partial charge < -0.3 is 14.9 Å². The predicted octanol–water partition coefficient (Wildman–Crippen LogP) is 3.75. The van der Waals surface area contributed by atoms with Crippen LogP contribution in [0.3, 0.4) is 0 Å². The number of nitrogens with one attached hydrogen (secondary N) is 1. The summed E-state index contributed by atoms with van der Waals surface area (Å²) in [6, 6.07) is 12.7. The molecule has 0 fully saturated rings. The van der Waals surface area contributed by atoms with Gasteiger partial charge in [0, 0.05) is 39.0 Å². The maximum atomic E-state index is 11.2. The van der Waals surface area contributed by atoms with Crippen molar-refractivity contribution in [3.05, 3.63) is 69.8 Å². The van der Waals surface area contributed by atoms with Gasteiger partial charge in [0.25, 0.3) is 0 Å². The molecule has 0 bridgehead atoms. The van der Waals surface area contributed by atoms with Crippen molar-refractivity contribution in [2.45, 2.75) is 12.3 Å². The fraction of sp³-hybridized carbons (Fsp3) is 0.118. The first kappa shape index (κ1) is 14.9. The number of fused-ring (bicyclic) bond motifs is 1. The van der Waals surface area contributed by atoms with Gasteiger partial charge in [0.1, 0.15) is 0 Å². The third kappa shape index (κ3) is 2.96. The Morgan fingerprint density at radius 2 is 1.77 bits per heavy atom. The minimum atomic E-state index is -1.10. The minimum Gasteiger partial charge on any atom is -0.550 e. The minimum absolute atomic E-state index is 0.110. The second kappa shape index (κ2) is 6.03. The molecule has 0 aliphatic rings. The number of aromatic amines is 1. The first-order chi connectivity index (χ1) is 10.5. The van der Waals surface area contributed by atoms with Gasteiger partial charge in [-0.25, -0.2) is 0 Å². The third-order valence-corrected chi connectivity index (χ3v) is 4.18. The standard InChI is InChI=1S/C17H13Cl2NO2/c18-11-3-1-10(2-4-11)13(8-17(21)22)15-9-20-16-6-5-12(19)7-14(15)16/h1-7,9,13,20H,8H2,(H,21,22)/p-1/t13-/m1/s1. The SMILES string of the molecule is O=C([O-])C[C@H](c1ccc(Cl)cc1)c1c[nH]c2ccc(Cl)cc12. The number of hydrogen-bond donors (Lipinski definition) is 1. The first-order valence-corrected chi connectivity index (χ1v) is 7.52. The summed E-state index contributed by atoms with van der Waals surface area (Å²) < 4.78 is 0. The monoisotopic (exact) mass is 332 g/mol. The molecule has 0 saturated carbocycles. The molecule has 0 spiro atoms. The Morgan fingerprint density at radius 3 is 2.45 bits per heavy atom. The molecule has 0 aliphatic carbocycles. The lowest BCUT2D eigenvalue weighted by molar-refractivity contribution is -0.305. The number of benzene rings is 2. The Morgan fingerprint density at radius 1 is 1.09 bits per heavy atom. The first-order valence-electron chi connectivity index (χ1n) is 6.76. The topological polar surface area (TPSA) is 55.9 Å². The Labute approximate surface area is 137 Å². The summed E-state index contributed by atoms with van der Waals surface area (Å²) in [6.45, 7) is 0. The van der Waals surface area contributed by atoms with Gasteiger partial charge in [0.05, 0.1) is 0 Å². The van der Waals surface area contributed by atoms with E-state index in [1.807, 2.05) is 30.5 Å². The fourth-order valence-electron chi connectivity index (χ4n) is 2.67. The molecule has 0 amide bonds. The zero-order valence-electron chi connectivity index (χ0n) is 11.5. The van der Waals surface area contributed by atoms with E-state index in [2.05, 4.69) is 4.98 Å². The molecule has 0 radical (unpaired) electrons. The molecule has 22 heavy (non-hydrogen) atoms. The molecule has 3 nitrogen and oxygen atoms in total. The predicted molar refractivity (Wildman–Crippen MR) is 86.2 cm³/mol. The molecule has 1 heterocycles. The maximum Gasteiger partial charge on any atom is 0.0458 e. The van der Waals surface area contributed by atoms with Crippen molar-refractivity contribution in [1.29, 1.82) is 0 Å². The van der Waals surface area contributed by atoms with Crippen LogP contribution in [0.2, 0.25) is 10.0 Å². The molecule has 1 atom stereocenters. The van der Waals surface area contributed by atoms with Crippen LogP contribution in [0.5, 0.6) is 0 Å².